The van der Waals surface area contributed by atoms with E-state index in [9.17, 15) is 24.0 Å². The van der Waals surface area contributed by atoms with E-state index in [-0.39, 0.29) is 38.8 Å². The number of carboxylic acids is 1. The van der Waals surface area contributed by atoms with Crippen LogP contribution < -0.4 is 21.5 Å². The second-order valence-electron chi connectivity index (χ2n) is 7.91. The highest BCUT2D eigenvalue weighted by molar-refractivity contribution is 6.37. The minimum Gasteiger partial charge on any atom is -0.481 e. The molecule has 0 aliphatic carbocycles. The Morgan fingerprint density at radius 2 is 1.79 bits per heavy atom. The summed E-state index contributed by atoms with van der Waals surface area (Å²) in [5, 5.41) is 25.2. The van der Waals surface area contributed by atoms with Crippen molar-refractivity contribution in [3.8, 4) is 23.4 Å². The Hall–Kier alpha value is -4.48. The predicted octanol–water partition coefficient (Wildman–Crippen LogP) is 1.94. The summed E-state index contributed by atoms with van der Waals surface area (Å²) in [6.45, 7) is 2.88. The number of ether oxygens (including phenoxy) is 2. The van der Waals surface area contributed by atoms with Crippen molar-refractivity contribution in [3.63, 3.8) is 0 Å². The van der Waals surface area contributed by atoms with Crippen LogP contribution in [0.3, 0.4) is 0 Å². The topological polar surface area (TPSA) is 199 Å². The molecule has 3 aromatic rings. The molecule has 0 aliphatic rings. The molecule has 0 amide bonds. The van der Waals surface area contributed by atoms with Crippen molar-refractivity contribution >= 4 is 35.1 Å². The third-order valence-electron chi connectivity index (χ3n) is 4.86. The molecule has 0 unspecified atom stereocenters. The van der Waals surface area contributed by atoms with Gasteiger partial charge in [-0.25, -0.2) is 4.79 Å². The molecule has 0 saturated carbocycles. The maximum absolute atomic E-state index is 12.8. The van der Waals surface area contributed by atoms with E-state index in [2.05, 4.69) is 10.2 Å². The summed E-state index contributed by atoms with van der Waals surface area (Å²) < 4.78 is 12.2. The highest BCUT2D eigenvalue weighted by atomic mass is 35.5. The van der Waals surface area contributed by atoms with Gasteiger partial charge in [0.1, 0.15) is 6.07 Å². The molecule has 16 heteroatoms. The molecular formula is C22H18Cl2N6O8. The SMILES string of the molecule is CC(C)c1cc(Oc2c(Cl)cc(-n3nc(C#N)c(=O)[nH]c3=O)cc2Cl)nn(COC(=O)CCC(=O)O)c1=O. The molecule has 0 aliphatic heterocycles. The first-order valence-electron chi connectivity index (χ1n) is 10.7. The van der Waals surface area contributed by atoms with Crippen molar-refractivity contribution in [1.29, 1.82) is 5.26 Å². The number of nitrogens with zero attached hydrogens (tertiary/aromatic N) is 5. The van der Waals surface area contributed by atoms with Crippen molar-refractivity contribution in [2.75, 3.05) is 0 Å². The van der Waals surface area contributed by atoms with Gasteiger partial charge in [0.15, 0.2) is 12.5 Å². The zero-order valence-corrected chi connectivity index (χ0v) is 21.2. The van der Waals surface area contributed by atoms with Crippen LogP contribution in [0.25, 0.3) is 5.69 Å². The summed E-state index contributed by atoms with van der Waals surface area (Å²) in [5.41, 5.74) is -2.76. The Labute approximate surface area is 222 Å². The second kappa shape index (κ2) is 11.7. The van der Waals surface area contributed by atoms with Gasteiger partial charge in [0.05, 0.1) is 28.6 Å². The number of carbonyl (C=O) groups is 2. The monoisotopic (exact) mass is 564 g/mol. The number of carbonyl (C=O) groups excluding carboxylic acids is 1. The number of nitrogens with one attached hydrogen (secondary N) is 1. The number of aromatic nitrogens is 5. The number of aromatic amines is 1. The summed E-state index contributed by atoms with van der Waals surface area (Å²) in [7, 11) is 0. The number of aliphatic carboxylic acids is 1. The standard InChI is InChI=1S/C22H18Cl2N6O8/c1-10(2)12-7-16(28-29(21(12)35)9-37-18(33)4-3-17(31)32)38-19-13(23)5-11(6-14(19)24)30-22(36)26-20(34)15(8-25)27-30/h5-7,10H,3-4,9H2,1-2H3,(H,31,32)(H,26,34,36). The first kappa shape index (κ1) is 28.1. The molecule has 1 aromatic carbocycles. The number of hydrogen-bond donors (Lipinski definition) is 2. The second-order valence-corrected chi connectivity index (χ2v) is 8.72. The van der Waals surface area contributed by atoms with Crippen molar-refractivity contribution in [1.82, 2.24) is 24.5 Å². The van der Waals surface area contributed by atoms with Gasteiger partial charge in [-0.15, -0.1) is 10.2 Å². The van der Waals surface area contributed by atoms with Crippen LogP contribution in [-0.4, -0.2) is 41.6 Å². The highest BCUT2D eigenvalue weighted by Crippen LogP contribution is 2.37. The number of hydrogen-bond acceptors (Lipinski definition) is 10. The summed E-state index contributed by atoms with van der Waals surface area (Å²) in [5.74, 6) is -2.56. The van der Waals surface area contributed by atoms with E-state index in [0.717, 1.165) is 9.36 Å². The van der Waals surface area contributed by atoms with Crippen LogP contribution in [0.15, 0.2) is 32.6 Å². The molecule has 14 nitrogen and oxygen atoms in total. The Morgan fingerprint density at radius 3 is 2.37 bits per heavy atom. The van der Waals surface area contributed by atoms with E-state index in [1.54, 1.807) is 19.9 Å². The third kappa shape index (κ3) is 6.44. The molecule has 198 valence electrons. The zero-order valence-electron chi connectivity index (χ0n) is 19.7. The molecule has 2 aromatic heterocycles. The van der Waals surface area contributed by atoms with E-state index in [1.165, 1.54) is 18.2 Å². The van der Waals surface area contributed by atoms with E-state index < -0.39 is 54.0 Å². The largest absolute Gasteiger partial charge is 0.481 e. The average molecular weight is 565 g/mol. The Kier molecular flexibility index (Phi) is 8.66. The molecule has 0 spiro atoms. The molecule has 0 bridgehead atoms. The fourth-order valence-electron chi connectivity index (χ4n) is 3.02. The first-order valence-corrected chi connectivity index (χ1v) is 11.5. The molecule has 0 fully saturated rings. The fraction of sp³-hybridized carbons (Fsp3) is 0.273. The lowest BCUT2D eigenvalue weighted by Gasteiger charge is -2.15. The Morgan fingerprint density at radius 1 is 1.13 bits per heavy atom. The molecule has 3 rings (SSSR count). The predicted molar refractivity (Wildman–Crippen MR) is 131 cm³/mol. The summed E-state index contributed by atoms with van der Waals surface area (Å²) >= 11 is 12.7. The number of esters is 1. The van der Waals surface area contributed by atoms with Gasteiger partial charge in [-0.1, -0.05) is 37.0 Å². The van der Waals surface area contributed by atoms with Crippen LogP contribution >= 0.6 is 23.2 Å². The van der Waals surface area contributed by atoms with Gasteiger partial charge in [0, 0.05) is 11.6 Å². The van der Waals surface area contributed by atoms with Crippen molar-refractivity contribution in [2.24, 2.45) is 0 Å². The van der Waals surface area contributed by atoms with Gasteiger partial charge in [-0.3, -0.25) is 24.2 Å². The first-order chi connectivity index (χ1) is 17.9. The fourth-order valence-corrected chi connectivity index (χ4v) is 3.57. The van der Waals surface area contributed by atoms with Crippen molar-refractivity contribution in [2.45, 2.75) is 39.3 Å². The van der Waals surface area contributed by atoms with Crippen molar-refractivity contribution in [3.05, 3.63) is 70.7 Å². The number of benzene rings is 1. The Balaban J connectivity index is 1.96. The number of halogens is 2. The molecule has 0 atom stereocenters. The molecule has 2 heterocycles. The van der Waals surface area contributed by atoms with Crippen LogP contribution in [0.1, 0.15) is 43.9 Å². The molecule has 0 saturated heterocycles. The molecule has 2 N–H and O–H groups in total. The highest BCUT2D eigenvalue weighted by Gasteiger charge is 2.19. The van der Waals surface area contributed by atoms with Gasteiger partial charge >= 0.3 is 17.6 Å². The van der Waals surface area contributed by atoms with E-state index in [0.29, 0.717) is 0 Å². The minimum atomic E-state index is -1.18. The van der Waals surface area contributed by atoms with Crippen LogP contribution in [0, 0.1) is 11.3 Å². The number of rotatable bonds is 9. The lowest BCUT2D eigenvalue weighted by atomic mass is 10.1. The number of nitriles is 1. The lowest BCUT2D eigenvalue weighted by molar-refractivity contribution is -0.151. The van der Waals surface area contributed by atoms with Gasteiger partial charge < -0.3 is 14.6 Å². The average Bonchev–Trinajstić information content (AvgIpc) is 2.84. The summed E-state index contributed by atoms with van der Waals surface area (Å²) in [6, 6.07) is 5.38. The van der Waals surface area contributed by atoms with Crippen LogP contribution in [0.4, 0.5) is 0 Å². The van der Waals surface area contributed by atoms with Gasteiger partial charge in [0.25, 0.3) is 11.1 Å². The zero-order chi connectivity index (χ0) is 28.1. The maximum atomic E-state index is 12.8. The smallest absolute Gasteiger partial charge is 0.349 e. The molecule has 38 heavy (non-hydrogen) atoms. The minimum absolute atomic E-state index is 0.0131. The normalized spacial score (nSPS) is 10.7. The lowest BCUT2D eigenvalue weighted by Crippen LogP contribution is -2.33. The van der Waals surface area contributed by atoms with Crippen LogP contribution in [0.5, 0.6) is 11.6 Å². The van der Waals surface area contributed by atoms with Gasteiger partial charge in [-0.05, 0) is 18.1 Å². The summed E-state index contributed by atoms with van der Waals surface area (Å²) in [4.78, 5) is 60.9. The molecular weight excluding hydrogens is 547 g/mol. The van der Waals surface area contributed by atoms with Gasteiger partial charge in [-0.2, -0.15) is 14.6 Å². The van der Waals surface area contributed by atoms with Crippen LogP contribution in [-0.2, 0) is 21.1 Å². The van der Waals surface area contributed by atoms with Gasteiger partial charge in [0.2, 0.25) is 11.6 Å². The van der Waals surface area contributed by atoms with E-state index >= 15 is 0 Å². The maximum Gasteiger partial charge on any atom is 0.349 e. The molecule has 0 radical (unpaired) electrons. The van der Waals surface area contributed by atoms with E-state index in [1.807, 2.05) is 4.98 Å². The van der Waals surface area contributed by atoms with E-state index in [4.69, 9.17) is 43.0 Å². The third-order valence-corrected chi connectivity index (χ3v) is 5.42. The van der Waals surface area contributed by atoms with Crippen LogP contribution in [0.2, 0.25) is 10.0 Å². The number of carboxylic acid groups (broad SMARTS) is 1. The summed E-state index contributed by atoms with van der Waals surface area (Å²) in [6.07, 6.45) is -0.828. The quantitative estimate of drug-likeness (QED) is 0.359. The Bertz CT molecular complexity index is 1610. The van der Waals surface area contributed by atoms with Crippen molar-refractivity contribution < 1.29 is 24.2 Å². The number of H-pyrrole nitrogens is 1.